The predicted octanol–water partition coefficient (Wildman–Crippen LogP) is 1.38. The molecule has 0 radical (unpaired) electrons. The summed E-state index contributed by atoms with van der Waals surface area (Å²) in [6.45, 7) is 4.40. The summed E-state index contributed by atoms with van der Waals surface area (Å²) in [6.07, 6.45) is 1.06. The lowest BCUT2D eigenvalue weighted by atomic mass is 9.73. The van der Waals surface area contributed by atoms with E-state index >= 15 is 0 Å². The van der Waals surface area contributed by atoms with E-state index in [1.165, 1.54) is 0 Å². The minimum atomic E-state index is -0.890. The van der Waals surface area contributed by atoms with Gasteiger partial charge in [0, 0.05) is 18.7 Å². The van der Waals surface area contributed by atoms with Gasteiger partial charge in [0.1, 0.15) is 5.69 Å². The van der Waals surface area contributed by atoms with Crippen LogP contribution in [-0.2, 0) is 17.5 Å². The van der Waals surface area contributed by atoms with Crippen LogP contribution in [0.1, 0.15) is 32.9 Å². The van der Waals surface area contributed by atoms with Crippen LogP contribution in [-0.4, -0.2) is 29.5 Å². The van der Waals surface area contributed by atoms with Crippen molar-refractivity contribution in [3.05, 3.63) is 58.4 Å². The molecule has 22 heavy (non-hydrogen) atoms. The maximum atomic E-state index is 12.4. The van der Waals surface area contributed by atoms with Crippen molar-refractivity contribution in [1.29, 1.82) is 0 Å². The Kier molecular flexibility index (Phi) is 4.09. The molecular weight excluding hydrogens is 277 g/mol. The van der Waals surface area contributed by atoms with Crippen LogP contribution in [0.4, 0.5) is 0 Å². The third-order valence-electron chi connectivity index (χ3n) is 4.12. The van der Waals surface area contributed by atoms with Crippen LogP contribution in [0.5, 0.6) is 0 Å². The molecule has 3 rings (SSSR count). The zero-order valence-corrected chi connectivity index (χ0v) is 12.8. The average molecular weight is 295 g/mol. The summed E-state index contributed by atoms with van der Waals surface area (Å²) < 4.78 is 5.24. The standard InChI is InChI=1S/C17H18BNO3/c1-11-3-6-16(19-12(11)2)17(20)10-13-4-5-14-7-8-22-18(21)15(14)9-13/h3-6,9,21H,7-8,10H2,1-2H3. The van der Waals surface area contributed by atoms with Gasteiger partial charge in [-0.3, -0.25) is 4.79 Å². The van der Waals surface area contributed by atoms with Crippen molar-refractivity contribution in [3.63, 3.8) is 0 Å². The Hall–Kier alpha value is -1.98. The minimum absolute atomic E-state index is 0.0192. The number of rotatable bonds is 3. The number of benzene rings is 1. The Balaban J connectivity index is 1.82. The molecule has 1 N–H and O–H groups in total. The maximum absolute atomic E-state index is 12.4. The van der Waals surface area contributed by atoms with Gasteiger partial charge in [0.2, 0.25) is 0 Å². The van der Waals surface area contributed by atoms with E-state index in [1.807, 2.05) is 38.1 Å². The molecule has 5 heteroatoms. The monoisotopic (exact) mass is 295 g/mol. The van der Waals surface area contributed by atoms with Crippen LogP contribution in [0.25, 0.3) is 0 Å². The summed E-state index contributed by atoms with van der Waals surface area (Å²) in [5.74, 6) is -0.0192. The fraction of sp³-hybridized carbons (Fsp3) is 0.294. The van der Waals surface area contributed by atoms with Crippen molar-refractivity contribution >= 4 is 18.4 Å². The molecule has 0 saturated heterocycles. The van der Waals surface area contributed by atoms with E-state index in [2.05, 4.69) is 4.98 Å². The van der Waals surface area contributed by atoms with Crippen LogP contribution < -0.4 is 5.46 Å². The Labute approximate surface area is 130 Å². The molecular formula is C17H18BNO3. The highest BCUT2D eigenvalue weighted by atomic mass is 16.5. The Bertz CT molecular complexity index is 730. The van der Waals surface area contributed by atoms with Crippen LogP contribution >= 0.6 is 0 Å². The van der Waals surface area contributed by atoms with Gasteiger partial charge < -0.3 is 9.68 Å². The molecule has 0 amide bonds. The normalized spacial score (nSPS) is 13.9. The van der Waals surface area contributed by atoms with Crippen molar-refractivity contribution in [1.82, 2.24) is 4.98 Å². The third kappa shape index (κ3) is 2.96. The number of aromatic nitrogens is 1. The molecule has 0 saturated carbocycles. The molecule has 1 aromatic carbocycles. The highest BCUT2D eigenvalue weighted by Crippen LogP contribution is 2.12. The number of ketones is 1. The number of fused-ring (bicyclic) bond motifs is 1. The maximum Gasteiger partial charge on any atom is 0.491 e. The van der Waals surface area contributed by atoms with E-state index < -0.39 is 7.12 Å². The Morgan fingerprint density at radius 1 is 1.32 bits per heavy atom. The van der Waals surface area contributed by atoms with E-state index in [4.69, 9.17) is 4.65 Å². The lowest BCUT2D eigenvalue weighted by molar-refractivity contribution is 0.0988. The first-order valence-corrected chi connectivity index (χ1v) is 7.43. The predicted molar refractivity (Wildman–Crippen MR) is 85.5 cm³/mol. The highest BCUT2D eigenvalue weighted by Gasteiger charge is 2.25. The van der Waals surface area contributed by atoms with Crippen LogP contribution in [0, 0.1) is 13.8 Å². The van der Waals surface area contributed by atoms with Crippen molar-refractivity contribution in [3.8, 4) is 0 Å². The molecule has 1 aliphatic rings. The van der Waals surface area contributed by atoms with Gasteiger partial charge in [-0.25, -0.2) is 4.98 Å². The quantitative estimate of drug-likeness (QED) is 0.686. The molecule has 0 spiro atoms. The molecule has 112 valence electrons. The Morgan fingerprint density at radius 3 is 2.91 bits per heavy atom. The number of nitrogens with zero attached hydrogens (tertiary/aromatic N) is 1. The molecule has 1 aromatic heterocycles. The second-order valence-corrected chi connectivity index (χ2v) is 5.71. The number of hydrogen-bond acceptors (Lipinski definition) is 4. The van der Waals surface area contributed by atoms with E-state index in [9.17, 15) is 9.82 Å². The van der Waals surface area contributed by atoms with Crippen molar-refractivity contribution in [2.45, 2.75) is 26.7 Å². The minimum Gasteiger partial charge on any atom is -0.423 e. The van der Waals surface area contributed by atoms with Gasteiger partial charge in [-0.05, 0) is 48.5 Å². The van der Waals surface area contributed by atoms with Gasteiger partial charge in [0.15, 0.2) is 5.78 Å². The fourth-order valence-electron chi connectivity index (χ4n) is 2.64. The van der Waals surface area contributed by atoms with Crippen molar-refractivity contribution in [2.24, 2.45) is 0 Å². The van der Waals surface area contributed by atoms with Crippen LogP contribution in [0.2, 0.25) is 0 Å². The third-order valence-corrected chi connectivity index (χ3v) is 4.12. The zero-order chi connectivity index (χ0) is 15.7. The van der Waals surface area contributed by atoms with E-state index in [-0.39, 0.29) is 12.2 Å². The molecule has 0 fully saturated rings. The molecule has 0 aliphatic carbocycles. The van der Waals surface area contributed by atoms with Gasteiger partial charge in [-0.1, -0.05) is 24.3 Å². The zero-order valence-electron chi connectivity index (χ0n) is 12.8. The summed E-state index contributed by atoms with van der Waals surface area (Å²) in [6, 6.07) is 9.45. The smallest absolute Gasteiger partial charge is 0.423 e. The molecule has 0 unspecified atom stereocenters. The second kappa shape index (κ2) is 6.03. The van der Waals surface area contributed by atoms with Gasteiger partial charge in [0.05, 0.1) is 0 Å². The second-order valence-electron chi connectivity index (χ2n) is 5.71. The number of pyridine rings is 1. The summed E-state index contributed by atoms with van der Waals surface area (Å²) in [5.41, 5.74) is 5.15. The number of hydrogen-bond donors (Lipinski definition) is 1. The first-order valence-electron chi connectivity index (χ1n) is 7.43. The largest absolute Gasteiger partial charge is 0.491 e. The van der Waals surface area contributed by atoms with E-state index in [0.717, 1.165) is 34.3 Å². The number of carbonyl (C=O) groups excluding carboxylic acids is 1. The summed E-state index contributed by atoms with van der Waals surface area (Å²) in [4.78, 5) is 16.7. The van der Waals surface area contributed by atoms with Gasteiger partial charge in [0.25, 0.3) is 0 Å². The summed E-state index contributed by atoms with van der Waals surface area (Å²) in [5, 5.41) is 9.88. The van der Waals surface area contributed by atoms with E-state index in [0.29, 0.717) is 12.3 Å². The molecule has 2 heterocycles. The first kappa shape index (κ1) is 14.9. The SMILES string of the molecule is Cc1ccc(C(=O)Cc2ccc3c(c2)B(O)OCC3)nc1C. The average Bonchev–Trinajstić information content (AvgIpc) is 2.51. The summed E-state index contributed by atoms with van der Waals surface area (Å²) >= 11 is 0. The number of aryl methyl sites for hydroxylation is 2. The molecule has 4 nitrogen and oxygen atoms in total. The summed E-state index contributed by atoms with van der Waals surface area (Å²) in [7, 11) is -0.890. The van der Waals surface area contributed by atoms with Gasteiger partial charge >= 0.3 is 7.12 Å². The Morgan fingerprint density at radius 2 is 2.14 bits per heavy atom. The first-order chi connectivity index (χ1) is 10.5. The van der Waals surface area contributed by atoms with Crippen molar-refractivity contribution in [2.75, 3.05) is 6.61 Å². The highest BCUT2D eigenvalue weighted by molar-refractivity contribution is 6.60. The molecule has 2 aromatic rings. The van der Waals surface area contributed by atoms with Crippen molar-refractivity contribution < 1.29 is 14.5 Å². The lowest BCUT2D eigenvalue weighted by Crippen LogP contribution is -2.41. The van der Waals surface area contributed by atoms with Gasteiger partial charge in [-0.15, -0.1) is 0 Å². The van der Waals surface area contributed by atoms with Crippen LogP contribution in [0.3, 0.4) is 0 Å². The molecule has 1 aliphatic heterocycles. The number of Topliss-reactive ketones (excluding diaryl/α,β-unsaturated/α-hetero) is 1. The fourth-order valence-corrected chi connectivity index (χ4v) is 2.64. The topological polar surface area (TPSA) is 59.4 Å². The lowest BCUT2D eigenvalue weighted by Gasteiger charge is -2.19. The van der Waals surface area contributed by atoms with Gasteiger partial charge in [-0.2, -0.15) is 0 Å². The molecule has 0 atom stereocenters. The molecule has 0 bridgehead atoms. The van der Waals surface area contributed by atoms with E-state index in [1.54, 1.807) is 6.07 Å². The van der Waals surface area contributed by atoms with Crippen LogP contribution in [0.15, 0.2) is 30.3 Å². The number of carbonyl (C=O) groups is 1.